The average Bonchev–Trinajstić information content (AvgIpc) is 2.76. The van der Waals surface area contributed by atoms with Gasteiger partial charge >= 0.3 is 0 Å². The number of carbonyl (C=O) groups is 1. The molecule has 17 heavy (non-hydrogen) atoms. The lowest BCUT2D eigenvalue weighted by Crippen LogP contribution is -2.15. The fourth-order valence-corrected chi connectivity index (χ4v) is 2.03. The first-order chi connectivity index (χ1) is 8.20. The zero-order chi connectivity index (χ0) is 12.3. The van der Waals surface area contributed by atoms with E-state index in [1.54, 1.807) is 18.5 Å². The molecule has 2 atom stereocenters. The normalized spacial score (nSPS) is 23.6. The van der Waals surface area contributed by atoms with Gasteiger partial charge in [-0.1, -0.05) is 0 Å². The molecule has 1 aliphatic rings. The average molecular weight is 235 g/mol. The molecule has 2 rings (SSSR count). The molecule has 0 amide bonds. The van der Waals surface area contributed by atoms with Gasteiger partial charge in [-0.15, -0.1) is 0 Å². The van der Waals surface area contributed by atoms with Crippen LogP contribution < -0.4 is 4.74 Å². The number of nitrogens with zero attached hydrogens (tertiary/aromatic N) is 1. The van der Waals surface area contributed by atoms with E-state index in [1.165, 1.54) is 0 Å². The summed E-state index contributed by atoms with van der Waals surface area (Å²) in [6.45, 7) is 4.98. The second kappa shape index (κ2) is 5.27. The highest BCUT2D eigenvalue weighted by Crippen LogP contribution is 2.24. The third-order valence-corrected chi connectivity index (χ3v) is 2.88. The largest absolute Gasteiger partial charge is 0.492 e. The van der Waals surface area contributed by atoms with Crippen LogP contribution in [0.4, 0.5) is 0 Å². The molecule has 1 fully saturated rings. The molecular weight excluding hydrogens is 218 g/mol. The molecular formula is C13H17NO3. The van der Waals surface area contributed by atoms with E-state index in [0.717, 1.165) is 6.42 Å². The van der Waals surface area contributed by atoms with Crippen molar-refractivity contribution in [3.05, 3.63) is 24.0 Å². The standard InChI is InChI=1S/C13H17NO3/c1-3-16-12-5-10(6-14-7-12)13(15)11-4-9(2)17-8-11/h5-7,9,11H,3-4,8H2,1-2H3. The second-order valence-corrected chi connectivity index (χ2v) is 4.28. The molecule has 2 unspecified atom stereocenters. The minimum Gasteiger partial charge on any atom is -0.492 e. The number of rotatable bonds is 4. The lowest BCUT2D eigenvalue weighted by molar-refractivity contribution is 0.0877. The Kier molecular flexibility index (Phi) is 3.74. The Morgan fingerprint density at radius 3 is 3.06 bits per heavy atom. The summed E-state index contributed by atoms with van der Waals surface area (Å²) in [5, 5.41) is 0. The maximum absolute atomic E-state index is 12.2. The van der Waals surface area contributed by atoms with Crippen LogP contribution in [0.15, 0.2) is 18.5 Å². The number of Topliss-reactive ketones (excluding diaryl/α,β-unsaturated/α-hetero) is 1. The first-order valence-corrected chi connectivity index (χ1v) is 5.94. The van der Waals surface area contributed by atoms with Gasteiger partial charge in [0.2, 0.25) is 0 Å². The lowest BCUT2D eigenvalue weighted by atomic mass is 9.96. The van der Waals surface area contributed by atoms with Crippen LogP contribution in [0.3, 0.4) is 0 Å². The Morgan fingerprint density at radius 2 is 2.41 bits per heavy atom. The van der Waals surface area contributed by atoms with E-state index in [4.69, 9.17) is 9.47 Å². The smallest absolute Gasteiger partial charge is 0.170 e. The highest BCUT2D eigenvalue weighted by molar-refractivity contribution is 5.98. The molecule has 1 aliphatic heterocycles. The molecule has 0 aromatic carbocycles. The van der Waals surface area contributed by atoms with Crippen molar-refractivity contribution < 1.29 is 14.3 Å². The van der Waals surface area contributed by atoms with Gasteiger partial charge in [0.05, 0.1) is 25.5 Å². The fourth-order valence-electron chi connectivity index (χ4n) is 2.03. The van der Waals surface area contributed by atoms with Crippen molar-refractivity contribution in [3.8, 4) is 5.75 Å². The number of pyridine rings is 1. The van der Waals surface area contributed by atoms with E-state index < -0.39 is 0 Å². The van der Waals surface area contributed by atoms with Crippen molar-refractivity contribution in [2.24, 2.45) is 5.92 Å². The van der Waals surface area contributed by atoms with Crippen LogP contribution in [0.1, 0.15) is 30.6 Å². The van der Waals surface area contributed by atoms with E-state index in [0.29, 0.717) is 24.5 Å². The maximum Gasteiger partial charge on any atom is 0.170 e. The molecule has 0 radical (unpaired) electrons. The number of carbonyl (C=O) groups excluding carboxylic acids is 1. The molecule has 0 aliphatic carbocycles. The van der Waals surface area contributed by atoms with Crippen molar-refractivity contribution in [2.45, 2.75) is 26.4 Å². The van der Waals surface area contributed by atoms with Crippen LogP contribution in [0.2, 0.25) is 0 Å². The lowest BCUT2D eigenvalue weighted by Gasteiger charge is -2.08. The molecule has 2 heterocycles. The predicted molar refractivity (Wildman–Crippen MR) is 63.3 cm³/mol. The monoisotopic (exact) mass is 235 g/mol. The Hall–Kier alpha value is -1.42. The highest BCUT2D eigenvalue weighted by Gasteiger charge is 2.29. The third kappa shape index (κ3) is 2.82. The first-order valence-electron chi connectivity index (χ1n) is 5.94. The van der Waals surface area contributed by atoms with Crippen molar-refractivity contribution in [1.82, 2.24) is 4.98 Å². The molecule has 4 heteroatoms. The van der Waals surface area contributed by atoms with E-state index in [-0.39, 0.29) is 17.8 Å². The first kappa shape index (κ1) is 12.0. The molecule has 0 bridgehead atoms. The minimum absolute atomic E-state index is 0.0383. The SMILES string of the molecule is CCOc1cncc(C(=O)C2COC(C)C2)c1. The van der Waals surface area contributed by atoms with Gasteiger partial charge in [0.25, 0.3) is 0 Å². The van der Waals surface area contributed by atoms with Crippen LogP contribution in [-0.4, -0.2) is 30.1 Å². The Bertz CT molecular complexity index is 405. The topological polar surface area (TPSA) is 48.4 Å². The highest BCUT2D eigenvalue weighted by atomic mass is 16.5. The summed E-state index contributed by atoms with van der Waals surface area (Å²) in [6.07, 6.45) is 4.17. The molecule has 4 nitrogen and oxygen atoms in total. The van der Waals surface area contributed by atoms with E-state index in [2.05, 4.69) is 4.98 Å². The molecule has 0 saturated carbocycles. The summed E-state index contributed by atoms with van der Waals surface area (Å²) < 4.78 is 10.7. The molecule has 92 valence electrons. The van der Waals surface area contributed by atoms with Crippen molar-refractivity contribution >= 4 is 5.78 Å². The fraction of sp³-hybridized carbons (Fsp3) is 0.538. The summed E-state index contributed by atoms with van der Waals surface area (Å²) in [7, 11) is 0. The quantitative estimate of drug-likeness (QED) is 0.750. The van der Waals surface area contributed by atoms with Gasteiger partial charge in [-0.05, 0) is 26.3 Å². The summed E-state index contributed by atoms with van der Waals surface area (Å²) in [6, 6.07) is 1.75. The third-order valence-electron chi connectivity index (χ3n) is 2.88. The predicted octanol–water partition coefficient (Wildman–Crippen LogP) is 2.09. The van der Waals surface area contributed by atoms with Crippen molar-refractivity contribution in [1.29, 1.82) is 0 Å². The van der Waals surface area contributed by atoms with Gasteiger partial charge in [0, 0.05) is 17.7 Å². The van der Waals surface area contributed by atoms with Crippen molar-refractivity contribution in [2.75, 3.05) is 13.2 Å². The van der Waals surface area contributed by atoms with E-state index in [9.17, 15) is 4.79 Å². The van der Waals surface area contributed by atoms with E-state index >= 15 is 0 Å². The molecule has 1 aromatic heterocycles. The van der Waals surface area contributed by atoms with Gasteiger partial charge in [0.15, 0.2) is 5.78 Å². The van der Waals surface area contributed by atoms with Gasteiger partial charge in [-0.25, -0.2) is 0 Å². The van der Waals surface area contributed by atoms with Gasteiger partial charge in [-0.3, -0.25) is 9.78 Å². The van der Waals surface area contributed by atoms with Crippen LogP contribution in [0, 0.1) is 5.92 Å². The minimum atomic E-state index is -0.0383. The van der Waals surface area contributed by atoms with Crippen LogP contribution >= 0.6 is 0 Å². The summed E-state index contributed by atoms with van der Waals surface area (Å²) in [5.74, 6) is 0.706. The van der Waals surface area contributed by atoms with Crippen LogP contribution in [0.25, 0.3) is 0 Å². The van der Waals surface area contributed by atoms with Gasteiger partial charge in [0.1, 0.15) is 5.75 Å². The second-order valence-electron chi connectivity index (χ2n) is 4.28. The number of ether oxygens (including phenoxy) is 2. The number of hydrogen-bond acceptors (Lipinski definition) is 4. The number of ketones is 1. The number of aromatic nitrogens is 1. The Balaban J connectivity index is 2.10. The summed E-state index contributed by atoms with van der Waals surface area (Å²) >= 11 is 0. The zero-order valence-electron chi connectivity index (χ0n) is 10.2. The maximum atomic E-state index is 12.2. The number of hydrogen-bond donors (Lipinski definition) is 0. The van der Waals surface area contributed by atoms with Crippen molar-refractivity contribution in [3.63, 3.8) is 0 Å². The van der Waals surface area contributed by atoms with Crippen LogP contribution in [-0.2, 0) is 4.74 Å². The van der Waals surface area contributed by atoms with E-state index in [1.807, 2.05) is 13.8 Å². The summed E-state index contributed by atoms with van der Waals surface area (Å²) in [4.78, 5) is 16.2. The molecule has 0 N–H and O–H groups in total. The molecule has 1 saturated heterocycles. The zero-order valence-corrected chi connectivity index (χ0v) is 10.2. The summed E-state index contributed by atoms with van der Waals surface area (Å²) in [5.41, 5.74) is 0.610. The molecule has 0 spiro atoms. The Morgan fingerprint density at radius 1 is 1.59 bits per heavy atom. The molecule has 1 aromatic rings. The van der Waals surface area contributed by atoms with Crippen LogP contribution in [0.5, 0.6) is 5.75 Å². The van der Waals surface area contributed by atoms with Gasteiger partial charge in [-0.2, -0.15) is 0 Å². The van der Waals surface area contributed by atoms with Gasteiger partial charge < -0.3 is 9.47 Å². The Labute approximate surface area is 101 Å².